The quantitative estimate of drug-likeness (QED) is 0.115. The summed E-state index contributed by atoms with van der Waals surface area (Å²) in [7, 11) is -16.5. The fourth-order valence-corrected chi connectivity index (χ4v) is 7.28. The van der Waals surface area contributed by atoms with Crippen molar-refractivity contribution in [3.63, 3.8) is 0 Å². The summed E-state index contributed by atoms with van der Waals surface area (Å²) in [4.78, 5) is 12.4. The number of aromatic nitrogens is 4. The Hall–Kier alpha value is -3.22. The highest BCUT2D eigenvalue weighted by Crippen LogP contribution is 3.04. The van der Waals surface area contributed by atoms with E-state index in [9.17, 15) is 43.2 Å². The summed E-state index contributed by atoms with van der Waals surface area (Å²) in [6.45, 7) is 9.40. The molecule has 0 atom stereocenters. The van der Waals surface area contributed by atoms with E-state index in [-0.39, 0.29) is 14.9 Å². The number of anilines is 1. The molecule has 0 bridgehead atoms. The van der Waals surface area contributed by atoms with Gasteiger partial charge in [-0.25, -0.2) is 24.3 Å². The van der Waals surface area contributed by atoms with Crippen molar-refractivity contribution in [2.45, 2.75) is 62.3 Å². The second-order valence-corrected chi connectivity index (χ2v) is 18.7. The van der Waals surface area contributed by atoms with E-state index in [4.69, 9.17) is 19.9 Å². The molecule has 0 fully saturated rings. The van der Waals surface area contributed by atoms with Crippen LogP contribution in [0.5, 0.6) is 23.0 Å². The standard InChI is InChI=1S/C14H16F6N2O2S.C14H17F5IN3O2S/c1-14(2,3)13-21-10-7(12(22-13)25(16,17,18,19)20)6-8(23-4)11(24-5)9(10)15;1-14(2,3)13-22-8-6(12(21)23-13)11(26(15,16,17,18)19)10(25-5)9(24-4)7(8)20/h6H,1-5H3;1-5H3,(H2,21,22,23). The predicted octanol–water partition coefficient (Wildman–Crippen LogP) is 11.5. The second-order valence-electron chi connectivity index (χ2n) is 13.0. The molecule has 4 aromatic rings. The summed E-state index contributed by atoms with van der Waals surface area (Å²) in [5, 5.41) is -4.64. The van der Waals surface area contributed by atoms with Gasteiger partial charge in [-0.1, -0.05) is 80.4 Å². The maximum absolute atomic E-state index is 14.6. The van der Waals surface area contributed by atoms with Gasteiger partial charge in [-0.2, -0.15) is 0 Å². The van der Waals surface area contributed by atoms with Crippen LogP contribution in [0.2, 0.25) is 0 Å². The third kappa shape index (κ3) is 8.54. The topological polar surface area (TPSA) is 115 Å². The second kappa shape index (κ2) is 11.4. The minimum absolute atomic E-state index is 0.0575. The van der Waals surface area contributed by atoms with Gasteiger partial charge in [0.25, 0.3) is 0 Å². The van der Waals surface area contributed by atoms with Crippen molar-refractivity contribution < 1.29 is 62.2 Å². The van der Waals surface area contributed by atoms with E-state index in [1.54, 1.807) is 43.4 Å². The molecule has 2 aromatic heterocycles. The summed E-state index contributed by atoms with van der Waals surface area (Å²) in [6.07, 6.45) is 0. The molecule has 2 N–H and O–H groups in total. The van der Waals surface area contributed by atoms with Crippen LogP contribution in [-0.2, 0) is 10.8 Å². The van der Waals surface area contributed by atoms with E-state index in [0.29, 0.717) is 6.07 Å². The lowest BCUT2D eigenvalue weighted by Crippen LogP contribution is -2.20. The van der Waals surface area contributed by atoms with Gasteiger partial charge in [-0.3, -0.25) is 0 Å². The van der Waals surface area contributed by atoms with Crippen molar-refractivity contribution in [3.8, 4) is 23.0 Å². The number of nitrogen functional groups attached to an aromatic ring is 1. The Kier molecular flexibility index (Phi) is 9.42. The van der Waals surface area contributed by atoms with Crippen LogP contribution < -0.4 is 24.7 Å². The lowest BCUT2D eigenvalue weighted by atomic mass is 9.95. The van der Waals surface area contributed by atoms with Crippen LogP contribution in [-0.4, -0.2) is 48.4 Å². The normalized spacial score (nSPS) is 15.6. The van der Waals surface area contributed by atoms with Gasteiger partial charge >= 0.3 is 20.4 Å². The molecule has 0 saturated heterocycles. The minimum Gasteiger partial charge on any atom is -0.493 e. The number of halogens is 12. The predicted molar refractivity (Wildman–Crippen MR) is 183 cm³/mol. The molecular formula is C28H33F11IN5O4S2. The molecule has 0 aliphatic rings. The monoisotopic (exact) mass is 903 g/mol. The first-order valence-corrected chi connectivity index (χ1v) is 18.9. The Bertz CT molecular complexity index is 2080. The third-order valence-corrected chi connectivity index (χ3v) is 9.93. The number of nitrogens with zero attached hydrogens (tertiary/aromatic N) is 4. The van der Waals surface area contributed by atoms with Gasteiger partial charge in [0.2, 0.25) is 5.03 Å². The summed E-state index contributed by atoms with van der Waals surface area (Å²) in [5.74, 6) is -5.18. The molecule has 0 aliphatic heterocycles. The maximum atomic E-state index is 14.6. The number of benzene rings is 2. The Morgan fingerprint density at radius 1 is 0.627 bits per heavy atom. The first-order chi connectivity index (χ1) is 22.4. The van der Waals surface area contributed by atoms with Crippen LogP contribution in [0.1, 0.15) is 53.2 Å². The van der Waals surface area contributed by atoms with Gasteiger partial charge in [0.15, 0.2) is 33.7 Å². The molecule has 0 unspecified atom stereocenters. The summed E-state index contributed by atoms with van der Waals surface area (Å²) in [6, 6.07) is 0.594. The molecule has 2 aromatic carbocycles. The Morgan fingerprint density at radius 3 is 1.47 bits per heavy atom. The van der Waals surface area contributed by atoms with Crippen molar-refractivity contribution in [1.82, 2.24) is 19.9 Å². The lowest BCUT2D eigenvalue weighted by molar-refractivity contribution is 0.325. The first kappa shape index (κ1) is 42.2. The highest BCUT2D eigenvalue weighted by molar-refractivity contribution is 14.1. The smallest absolute Gasteiger partial charge is 0.326 e. The Morgan fingerprint density at radius 2 is 1.08 bits per heavy atom. The summed E-state index contributed by atoms with van der Waals surface area (Å²) in [5.41, 5.74) is 2.59. The number of fused-ring (bicyclic) bond motifs is 2. The van der Waals surface area contributed by atoms with Gasteiger partial charge < -0.3 is 24.7 Å². The van der Waals surface area contributed by atoms with Crippen molar-refractivity contribution >= 4 is 70.7 Å². The molecule has 4 rings (SSSR count). The fourth-order valence-electron chi connectivity index (χ4n) is 4.49. The maximum Gasteiger partial charge on any atom is 0.326 e. The molecule has 0 amide bonds. The lowest BCUT2D eigenvalue weighted by Gasteiger charge is -2.42. The SMILES string of the molecule is COc1c(OC)c(S(F)(F)(F)(F)F)c2c(N)nc(C(C)(C)C)nc2c1I.COc1cc2c(S(F)(F)(F)(F)F)nc(C(C)(C)C)nc2c(F)c1OC. The molecule has 2 heterocycles. The fraction of sp³-hybridized carbons (Fsp3) is 0.429. The highest BCUT2D eigenvalue weighted by atomic mass is 127. The van der Waals surface area contributed by atoms with Crippen molar-refractivity contribution in [2.24, 2.45) is 0 Å². The first-order valence-electron chi connectivity index (χ1n) is 13.9. The molecule has 0 saturated carbocycles. The average Bonchev–Trinajstić information content (AvgIpc) is 2.93. The Labute approximate surface area is 298 Å². The molecular weight excluding hydrogens is 870 g/mol. The van der Waals surface area contributed by atoms with Crippen molar-refractivity contribution in [1.29, 1.82) is 0 Å². The molecule has 9 nitrogen and oxygen atoms in total. The Balaban J connectivity index is 0.000000276. The molecule has 290 valence electrons. The van der Waals surface area contributed by atoms with E-state index < -0.39 is 97.9 Å². The van der Waals surface area contributed by atoms with Gasteiger partial charge in [-0.15, -0.1) is 0 Å². The van der Waals surface area contributed by atoms with Crippen molar-refractivity contribution in [2.75, 3.05) is 34.2 Å². The van der Waals surface area contributed by atoms with Gasteiger partial charge in [-0.05, 0) is 28.7 Å². The van der Waals surface area contributed by atoms with E-state index in [2.05, 4.69) is 24.7 Å². The molecule has 51 heavy (non-hydrogen) atoms. The van der Waals surface area contributed by atoms with Crippen LogP contribution in [0, 0.1) is 9.39 Å². The van der Waals surface area contributed by atoms with E-state index in [1.807, 2.05) is 0 Å². The number of hydrogen-bond donors (Lipinski definition) is 1. The molecule has 0 aliphatic carbocycles. The molecule has 23 heteroatoms. The van der Waals surface area contributed by atoms with Crippen molar-refractivity contribution in [3.05, 3.63) is 27.1 Å². The van der Waals surface area contributed by atoms with E-state index in [1.165, 1.54) is 20.8 Å². The van der Waals surface area contributed by atoms with Crippen LogP contribution in [0.25, 0.3) is 21.8 Å². The highest BCUT2D eigenvalue weighted by Gasteiger charge is 2.70. The summed E-state index contributed by atoms with van der Waals surface area (Å²) < 4.78 is 170. The van der Waals surface area contributed by atoms with Crippen LogP contribution in [0.4, 0.5) is 49.1 Å². The number of methoxy groups -OCH3 is 4. The number of rotatable bonds is 6. The van der Waals surface area contributed by atoms with Crippen LogP contribution >= 0.6 is 43.0 Å². The number of ether oxygens (including phenoxy) is 4. The van der Waals surface area contributed by atoms with E-state index in [0.717, 1.165) is 28.4 Å². The van der Waals surface area contributed by atoms with Gasteiger partial charge in [0.1, 0.15) is 23.0 Å². The average molecular weight is 904 g/mol. The minimum atomic E-state index is -10.2. The zero-order valence-electron chi connectivity index (χ0n) is 28.4. The number of nitrogens with two attached hydrogens (primary N) is 1. The molecule has 0 radical (unpaired) electrons. The summed E-state index contributed by atoms with van der Waals surface area (Å²) >= 11 is 1.65. The van der Waals surface area contributed by atoms with E-state index >= 15 is 0 Å². The van der Waals surface area contributed by atoms with Gasteiger partial charge in [0.05, 0.1) is 42.9 Å². The third-order valence-electron chi connectivity index (χ3n) is 6.73. The largest absolute Gasteiger partial charge is 0.493 e. The van der Waals surface area contributed by atoms with Gasteiger partial charge in [0, 0.05) is 16.2 Å². The zero-order chi connectivity index (χ0) is 39.8. The number of hydrogen-bond acceptors (Lipinski definition) is 9. The molecule has 0 spiro atoms. The van der Waals surface area contributed by atoms with Crippen LogP contribution in [0.3, 0.4) is 0 Å². The zero-order valence-corrected chi connectivity index (χ0v) is 32.2. The van der Waals surface area contributed by atoms with Crippen LogP contribution in [0.15, 0.2) is 16.0 Å².